The Morgan fingerprint density at radius 2 is 2.18 bits per heavy atom. The summed E-state index contributed by atoms with van der Waals surface area (Å²) in [7, 11) is 0. The van der Waals surface area contributed by atoms with Crippen molar-refractivity contribution in [3.63, 3.8) is 0 Å². The topological polar surface area (TPSA) is 49.8 Å². The van der Waals surface area contributed by atoms with Crippen molar-refractivity contribution in [2.75, 3.05) is 0 Å². The molecule has 0 unspecified atom stereocenters. The molecule has 0 bridgehead atoms. The maximum absolute atomic E-state index is 8.69. The molecule has 0 aromatic carbocycles. The third-order valence-corrected chi connectivity index (χ3v) is 1.90. The molecule has 0 aromatic heterocycles. The molecule has 58 valence electrons. The minimum absolute atomic E-state index is 0.531. The molecular formula is C9H12N2. The lowest BCUT2D eigenvalue weighted by Crippen LogP contribution is -1.99. The van der Waals surface area contributed by atoms with Gasteiger partial charge in [0.25, 0.3) is 0 Å². The number of rotatable bonds is 2. The summed E-state index contributed by atoms with van der Waals surface area (Å²) in [4.78, 5) is 0. The van der Waals surface area contributed by atoms with Gasteiger partial charge in [0.1, 0.15) is 6.07 Å². The molecule has 0 spiro atoms. The van der Waals surface area contributed by atoms with E-state index in [2.05, 4.69) is 12.6 Å². The Bertz CT molecular complexity index is 247. The minimum Gasteiger partial charge on any atom is -0.401 e. The van der Waals surface area contributed by atoms with Crippen LogP contribution >= 0.6 is 0 Å². The van der Waals surface area contributed by atoms with Gasteiger partial charge in [0.15, 0.2) is 0 Å². The zero-order valence-corrected chi connectivity index (χ0v) is 6.72. The highest BCUT2D eigenvalue weighted by Gasteiger charge is 2.27. The molecule has 2 N–H and O–H groups in total. The van der Waals surface area contributed by atoms with E-state index in [1.165, 1.54) is 0 Å². The van der Waals surface area contributed by atoms with E-state index >= 15 is 0 Å². The Balaban J connectivity index is 2.79. The molecule has 0 heterocycles. The van der Waals surface area contributed by atoms with Gasteiger partial charge >= 0.3 is 0 Å². The lowest BCUT2D eigenvalue weighted by molar-refractivity contribution is 1.02. The van der Waals surface area contributed by atoms with Gasteiger partial charge in [-0.15, -0.1) is 0 Å². The molecule has 2 nitrogen and oxygen atoms in total. The molecule has 0 amide bonds. The Labute approximate surface area is 67.0 Å². The Hall–Kier alpha value is -1.23. The molecule has 11 heavy (non-hydrogen) atoms. The Morgan fingerprint density at radius 3 is 2.45 bits per heavy atom. The van der Waals surface area contributed by atoms with Crippen LogP contribution in [0.25, 0.3) is 0 Å². The second-order valence-electron chi connectivity index (χ2n) is 2.97. The summed E-state index contributed by atoms with van der Waals surface area (Å²) in [5, 5.41) is 8.69. The highest BCUT2D eigenvalue weighted by Crippen LogP contribution is 2.38. The van der Waals surface area contributed by atoms with Gasteiger partial charge in [-0.1, -0.05) is 6.58 Å². The highest BCUT2D eigenvalue weighted by atomic mass is 14.6. The van der Waals surface area contributed by atoms with Crippen molar-refractivity contribution < 1.29 is 0 Å². The zero-order valence-electron chi connectivity index (χ0n) is 6.72. The molecule has 1 saturated carbocycles. The van der Waals surface area contributed by atoms with Gasteiger partial charge < -0.3 is 5.73 Å². The van der Waals surface area contributed by atoms with Crippen LogP contribution in [-0.4, -0.2) is 0 Å². The minimum atomic E-state index is 0.531. The zero-order chi connectivity index (χ0) is 8.43. The van der Waals surface area contributed by atoms with Gasteiger partial charge in [-0.05, 0) is 31.3 Å². The third-order valence-electron chi connectivity index (χ3n) is 1.90. The van der Waals surface area contributed by atoms with Crippen molar-refractivity contribution in [3.05, 3.63) is 23.4 Å². The van der Waals surface area contributed by atoms with Gasteiger partial charge in [0.05, 0.1) is 5.57 Å². The average molecular weight is 148 g/mol. The average Bonchev–Trinajstić information content (AvgIpc) is 2.68. The van der Waals surface area contributed by atoms with E-state index in [-0.39, 0.29) is 0 Å². The van der Waals surface area contributed by atoms with Crippen molar-refractivity contribution in [2.45, 2.75) is 19.8 Å². The van der Waals surface area contributed by atoms with Crippen LogP contribution in [0.4, 0.5) is 0 Å². The number of nitriles is 1. The summed E-state index contributed by atoms with van der Waals surface area (Å²) in [6.45, 7) is 5.59. The van der Waals surface area contributed by atoms with E-state index < -0.39 is 0 Å². The van der Waals surface area contributed by atoms with Crippen LogP contribution in [0, 0.1) is 17.2 Å². The Morgan fingerprint density at radius 1 is 1.64 bits per heavy atom. The van der Waals surface area contributed by atoms with E-state index in [0.29, 0.717) is 17.2 Å². The van der Waals surface area contributed by atoms with E-state index in [1.807, 2.05) is 0 Å². The van der Waals surface area contributed by atoms with Crippen molar-refractivity contribution in [1.29, 1.82) is 5.26 Å². The molecule has 1 aliphatic rings. The van der Waals surface area contributed by atoms with Crippen LogP contribution in [0.1, 0.15) is 19.8 Å². The first-order valence-electron chi connectivity index (χ1n) is 3.72. The second kappa shape index (κ2) is 2.79. The van der Waals surface area contributed by atoms with E-state index in [9.17, 15) is 0 Å². The molecule has 2 heteroatoms. The SMILES string of the molecule is C=C(C(C#N)=C(C)N)C1CC1. The van der Waals surface area contributed by atoms with Crippen LogP contribution in [0.15, 0.2) is 23.4 Å². The fourth-order valence-corrected chi connectivity index (χ4v) is 1.05. The highest BCUT2D eigenvalue weighted by molar-refractivity contribution is 5.45. The molecule has 1 rings (SSSR count). The second-order valence-corrected chi connectivity index (χ2v) is 2.97. The molecule has 0 saturated heterocycles. The molecule has 1 aliphatic carbocycles. The number of hydrogen-bond acceptors (Lipinski definition) is 2. The first-order valence-corrected chi connectivity index (χ1v) is 3.72. The van der Waals surface area contributed by atoms with E-state index in [1.54, 1.807) is 6.92 Å². The van der Waals surface area contributed by atoms with Crippen molar-refractivity contribution in [1.82, 2.24) is 0 Å². The summed E-state index contributed by atoms with van der Waals surface area (Å²) < 4.78 is 0. The summed E-state index contributed by atoms with van der Waals surface area (Å²) in [6, 6.07) is 2.08. The molecular weight excluding hydrogens is 136 g/mol. The van der Waals surface area contributed by atoms with Gasteiger partial charge in [0, 0.05) is 5.70 Å². The monoisotopic (exact) mass is 148 g/mol. The summed E-state index contributed by atoms with van der Waals surface area (Å²) in [5.74, 6) is 0.531. The first-order chi connectivity index (χ1) is 5.16. The standard InChI is InChI=1S/C9H12N2/c1-6(8-3-4-8)9(5-10)7(2)11/h8H,1,3-4,11H2,2H3. The maximum atomic E-state index is 8.69. The molecule has 0 radical (unpaired) electrons. The van der Waals surface area contributed by atoms with Gasteiger partial charge in [-0.2, -0.15) is 5.26 Å². The first kappa shape index (κ1) is 7.87. The van der Waals surface area contributed by atoms with E-state index in [4.69, 9.17) is 11.0 Å². The number of nitrogens with zero attached hydrogens (tertiary/aromatic N) is 1. The summed E-state index contributed by atoms with van der Waals surface area (Å²) in [6.07, 6.45) is 2.33. The summed E-state index contributed by atoms with van der Waals surface area (Å²) >= 11 is 0. The van der Waals surface area contributed by atoms with Crippen molar-refractivity contribution >= 4 is 0 Å². The lowest BCUT2D eigenvalue weighted by Gasteiger charge is -2.02. The summed E-state index contributed by atoms with van der Waals surface area (Å²) in [5.41, 5.74) is 7.61. The van der Waals surface area contributed by atoms with E-state index in [0.717, 1.165) is 18.4 Å². The van der Waals surface area contributed by atoms with Crippen LogP contribution in [0.3, 0.4) is 0 Å². The molecule has 1 fully saturated rings. The number of nitrogens with two attached hydrogens (primary N) is 1. The fraction of sp³-hybridized carbons (Fsp3) is 0.444. The predicted octanol–water partition coefficient (Wildman–Crippen LogP) is 1.71. The smallest absolute Gasteiger partial charge is 0.101 e. The quantitative estimate of drug-likeness (QED) is 0.478. The molecule has 0 atom stereocenters. The van der Waals surface area contributed by atoms with Gasteiger partial charge in [-0.25, -0.2) is 0 Å². The lowest BCUT2D eigenvalue weighted by atomic mass is 10.0. The maximum Gasteiger partial charge on any atom is 0.101 e. The van der Waals surface area contributed by atoms with Gasteiger partial charge in [0.2, 0.25) is 0 Å². The van der Waals surface area contributed by atoms with Crippen LogP contribution in [0.2, 0.25) is 0 Å². The van der Waals surface area contributed by atoms with Crippen LogP contribution < -0.4 is 5.73 Å². The third kappa shape index (κ3) is 1.62. The van der Waals surface area contributed by atoms with Crippen molar-refractivity contribution in [3.8, 4) is 6.07 Å². The Kier molecular flexibility index (Phi) is 2.00. The number of hydrogen-bond donors (Lipinski definition) is 1. The normalized spacial score (nSPS) is 18.5. The predicted molar refractivity (Wildman–Crippen MR) is 44.4 cm³/mol. The van der Waals surface area contributed by atoms with Crippen molar-refractivity contribution in [2.24, 2.45) is 11.7 Å². The molecule has 0 aromatic rings. The fourth-order valence-electron chi connectivity index (χ4n) is 1.05. The number of allylic oxidation sites excluding steroid dienone is 3. The molecule has 0 aliphatic heterocycles. The largest absolute Gasteiger partial charge is 0.401 e. The van der Waals surface area contributed by atoms with Crippen LogP contribution in [-0.2, 0) is 0 Å². The van der Waals surface area contributed by atoms with Crippen LogP contribution in [0.5, 0.6) is 0 Å². The van der Waals surface area contributed by atoms with Gasteiger partial charge in [-0.3, -0.25) is 0 Å².